The van der Waals surface area contributed by atoms with Crippen molar-refractivity contribution in [1.82, 2.24) is 15.0 Å². The molecule has 1 unspecified atom stereocenters. The number of hydrogen-bond acceptors (Lipinski definition) is 7. The van der Waals surface area contributed by atoms with Crippen LogP contribution in [0.4, 0.5) is 0 Å². The van der Waals surface area contributed by atoms with Crippen molar-refractivity contribution in [3.05, 3.63) is 47.8 Å². The number of fused-ring (bicyclic) bond motifs is 1. The molecule has 10 heteroatoms. The third-order valence-corrected chi connectivity index (χ3v) is 6.29. The Kier molecular flexibility index (Phi) is 9.24. The first-order valence-electron chi connectivity index (χ1n) is 10.2. The van der Waals surface area contributed by atoms with Gasteiger partial charge in [0.1, 0.15) is 12.4 Å². The van der Waals surface area contributed by atoms with E-state index in [1.54, 1.807) is 19.4 Å². The van der Waals surface area contributed by atoms with Crippen molar-refractivity contribution in [2.24, 2.45) is 0 Å². The number of ether oxygens (including phenoxy) is 4. The molecular weight excluding hydrogens is 441 g/mol. The predicted molar refractivity (Wildman–Crippen MR) is 115 cm³/mol. The number of methoxy groups -OCH3 is 1. The molecule has 0 spiro atoms. The molecule has 1 aliphatic heterocycles. The van der Waals surface area contributed by atoms with E-state index in [-0.39, 0.29) is 35.3 Å². The smallest absolute Gasteiger partial charge is 0.493 e. The van der Waals surface area contributed by atoms with Crippen molar-refractivity contribution in [2.75, 3.05) is 33.5 Å². The van der Waals surface area contributed by atoms with Gasteiger partial charge in [0.2, 0.25) is 0 Å². The maximum atomic E-state index is 12.8. The number of para-hydroxylation sites is 2. The van der Waals surface area contributed by atoms with Gasteiger partial charge >= 0.3 is 29.6 Å². The molecule has 4 rings (SSSR count). The maximum Gasteiger partial charge on any atom is 1.00 e. The molecule has 0 saturated carbocycles. The molecule has 0 bridgehead atoms. The van der Waals surface area contributed by atoms with Gasteiger partial charge in [0.05, 0.1) is 42.1 Å². The number of hydrogen-bond donors (Lipinski definition) is 0. The number of rotatable bonds is 9. The second-order valence-corrected chi connectivity index (χ2v) is 8.70. The Morgan fingerprint density at radius 2 is 2.00 bits per heavy atom. The quantitative estimate of drug-likeness (QED) is 0.398. The molecule has 3 heterocycles. The van der Waals surface area contributed by atoms with Crippen LogP contribution in [0.25, 0.3) is 11.0 Å². The van der Waals surface area contributed by atoms with Gasteiger partial charge in [-0.3, -0.25) is 9.19 Å². The second-order valence-electron chi connectivity index (χ2n) is 7.36. The average molecular weight is 468 g/mol. The third-order valence-electron chi connectivity index (χ3n) is 5.17. The molecule has 1 aliphatic rings. The number of aromatic nitrogens is 3. The van der Waals surface area contributed by atoms with Crippen molar-refractivity contribution < 1.29 is 52.7 Å². The Morgan fingerprint density at radius 1 is 1.22 bits per heavy atom. The van der Waals surface area contributed by atoms with Gasteiger partial charge in [-0.15, -0.1) is 0 Å². The number of imidazole rings is 1. The van der Waals surface area contributed by atoms with Crippen molar-refractivity contribution in [2.45, 2.75) is 36.5 Å². The van der Waals surface area contributed by atoms with E-state index >= 15 is 0 Å². The summed E-state index contributed by atoms with van der Waals surface area (Å²) in [5.41, 5.74) is 3.02. The van der Waals surface area contributed by atoms with E-state index in [9.17, 15) is 4.21 Å². The van der Waals surface area contributed by atoms with Gasteiger partial charge in [0, 0.05) is 30.4 Å². The number of pyridine rings is 1. The minimum Gasteiger partial charge on any atom is -0.493 e. The van der Waals surface area contributed by atoms with E-state index < -0.39 is 16.6 Å². The van der Waals surface area contributed by atoms with Gasteiger partial charge in [-0.2, -0.15) is 0 Å². The summed E-state index contributed by atoms with van der Waals surface area (Å²) in [6, 6.07) is 9.29. The molecule has 8 nitrogen and oxygen atoms in total. The van der Waals surface area contributed by atoms with Gasteiger partial charge in [-0.25, -0.2) is 0 Å². The zero-order chi connectivity index (χ0) is 21.7. The summed E-state index contributed by atoms with van der Waals surface area (Å²) < 4.78 is 35.8. The summed E-state index contributed by atoms with van der Waals surface area (Å²) in [4.78, 5) is 13.2. The number of benzene rings is 1. The summed E-state index contributed by atoms with van der Waals surface area (Å²) in [7, 11) is 0.226. The van der Waals surface area contributed by atoms with Crippen molar-refractivity contribution in [1.29, 1.82) is 0 Å². The molecule has 1 atom stereocenters. The fourth-order valence-corrected chi connectivity index (χ4v) is 4.56. The normalized spacial score (nSPS) is 16.4. The Labute approximate surface area is 212 Å². The summed E-state index contributed by atoms with van der Waals surface area (Å²) in [5.74, 6) is 0.146. The second kappa shape index (κ2) is 11.7. The largest absolute Gasteiger partial charge is 1.00 e. The Balaban J connectivity index is 0.00000289. The summed E-state index contributed by atoms with van der Waals surface area (Å²) in [6.45, 7) is 3.95. The van der Waals surface area contributed by atoms with E-state index in [0.717, 1.165) is 23.0 Å². The van der Waals surface area contributed by atoms with Gasteiger partial charge < -0.3 is 28.9 Å². The minimum atomic E-state index is -1.40. The monoisotopic (exact) mass is 467 g/mol. The van der Waals surface area contributed by atoms with Crippen LogP contribution < -0.4 is 39.3 Å². The maximum absolute atomic E-state index is 12.8. The molecule has 1 saturated heterocycles. The van der Waals surface area contributed by atoms with Crippen LogP contribution in [0, 0.1) is 6.92 Å². The molecule has 0 aliphatic carbocycles. The molecule has 3 aromatic rings. The van der Waals surface area contributed by atoms with Crippen LogP contribution in [0.3, 0.4) is 0 Å². The van der Waals surface area contributed by atoms with Crippen LogP contribution in [0.15, 0.2) is 41.7 Å². The molecule has 0 N–H and O–H groups in total. The van der Waals surface area contributed by atoms with Crippen LogP contribution in [0.2, 0.25) is 0 Å². The zero-order valence-corrected chi connectivity index (χ0v) is 21.5. The van der Waals surface area contributed by atoms with Crippen molar-refractivity contribution >= 4 is 21.8 Å². The van der Waals surface area contributed by atoms with E-state index in [1.807, 2.05) is 31.2 Å². The predicted octanol–water partition coefficient (Wildman–Crippen LogP) is -0.244. The molecule has 1 fully saturated rings. The first kappa shape index (κ1) is 25.3. The van der Waals surface area contributed by atoms with Gasteiger partial charge in [0.25, 0.3) is 0 Å². The Morgan fingerprint density at radius 3 is 2.75 bits per heavy atom. The first-order valence-corrected chi connectivity index (χ1v) is 11.5. The van der Waals surface area contributed by atoms with Crippen LogP contribution in [-0.4, -0.2) is 53.5 Å². The standard InChI is InChI=1S/C22H26N3O5S.Na/c1-16-19(14-31(26)21-24-17-6-3-4-7-18(17)25-21)23-10-8-20(16)28-13-9-22(15-27-2)29-11-5-12-30-22;/h3-4,6-8,10H,5,9,11-15H2,1-2H3;/q-1;+1. The first-order chi connectivity index (χ1) is 15.1. The summed E-state index contributed by atoms with van der Waals surface area (Å²) >= 11 is 0. The van der Waals surface area contributed by atoms with Crippen LogP contribution in [0.5, 0.6) is 5.75 Å². The average Bonchev–Trinajstić information content (AvgIpc) is 3.22. The topological polar surface area (TPSA) is 93.9 Å². The molecule has 0 radical (unpaired) electrons. The molecule has 166 valence electrons. The van der Waals surface area contributed by atoms with Gasteiger partial charge in [0.15, 0.2) is 5.79 Å². The number of nitrogens with zero attached hydrogens (tertiary/aromatic N) is 3. The van der Waals surface area contributed by atoms with Gasteiger partial charge in [-0.05, 0) is 30.4 Å². The fourth-order valence-electron chi connectivity index (χ4n) is 3.49. The van der Waals surface area contributed by atoms with Crippen LogP contribution in [0.1, 0.15) is 24.1 Å². The van der Waals surface area contributed by atoms with Crippen LogP contribution >= 0.6 is 0 Å². The van der Waals surface area contributed by atoms with E-state index in [4.69, 9.17) is 18.9 Å². The molecule has 32 heavy (non-hydrogen) atoms. The summed E-state index contributed by atoms with van der Waals surface area (Å²) in [6.07, 6.45) is 3.08. The minimum absolute atomic E-state index is 0. The molecule has 1 aromatic carbocycles. The SMILES string of the molecule is COCC1(CCOc2ccnc(CS(=O)c3nc4ccccc4[n-]3)c2C)OCCCO1.[Na+]. The van der Waals surface area contributed by atoms with Crippen molar-refractivity contribution in [3.8, 4) is 5.75 Å². The molecule has 2 aromatic heterocycles. The van der Waals surface area contributed by atoms with E-state index in [0.29, 0.717) is 49.4 Å². The van der Waals surface area contributed by atoms with E-state index in [2.05, 4.69) is 15.0 Å². The van der Waals surface area contributed by atoms with E-state index in [1.165, 1.54) is 0 Å². The molecular formula is C22H26N3NaO5S. The zero-order valence-electron chi connectivity index (χ0n) is 18.7. The van der Waals surface area contributed by atoms with Gasteiger partial charge in [-0.1, -0.05) is 24.3 Å². The Hall–Kier alpha value is -1.33. The Bertz CT molecular complexity index is 1020. The fraction of sp³-hybridized carbons (Fsp3) is 0.455. The van der Waals surface area contributed by atoms with Crippen molar-refractivity contribution in [3.63, 3.8) is 0 Å². The third kappa shape index (κ3) is 5.96. The molecule has 0 amide bonds. The van der Waals surface area contributed by atoms with Crippen LogP contribution in [-0.2, 0) is 30.8 Å². The summed E-state index contributed by atoms with van der Waals surface area (Å²) in [5, 5.41) is 0.321.